The molecule has 4 heteroatoms. The van der Waals surface area contributed by atoms with E-state index in [1.54, 1.807) is 7.11 Å². The minimum Gasteiger partial charge on any atom is -0.496 e. The van der Waals surface area contributed by atoms with Gasteiger partial charge in [-0.25, -0.2) is 0 Å². The van der Waals surface area contributed by atoms with Gasteiger partial charge in [0.2, 0.25) is 0 Å². The molecule has 2 nitrogen and oxygen atoms in total. The van der Waals surface area contributed by atoms with Crippen molar-refractivity contribution in [3.05, 3.63) is 62.5 Å². The second-order valence-electron chi connectivity index (χ2n) is 4.30. The molecule has 0 heterocycles. The first-order valence-corrected chi connectivity index (χ1v) is 7.53. The Bertz CT molecular complexity index is 572. The summed E-state index contributed by atoms with van der Waals surface area (Å²) >= 11 is 7.03. The Hall–Kier alpha value is -0.840. The molecule has 0 saturated carbocycles. The van der Waals surface area contributed by atoms with Gasteiger partial charge in [0, 0.05) is 10.5 Å². The highest BCUT2D eigenvalue weighted by Crippen LogP contribution is 2.29. The van der Waals surface area contributed by atoms with E-state index in [0.717, 1.165) is 26.7 Å². The summed E-state index contributed by atoms with van der Waals surface area (Å²) < 4.78 is 7.22. The van der Waals surface area contributed by atoms with E-state index in [4.69, 9.17) is 10.5 Å². The Balaban J connectivity index is 2.17. The molecule has 2 rings (SSSR count). The van der Waals surface area contributed by atoms with Gasteiger partial charge in [-0.2, -0.15) is 0 Å². The number of ether oxygens (including phenoxy) is 1. The molecule has 1 unspecified atom stereocenters. The van der Waals surface area contributed by atoms with Crippen molar-refractivity contribution < 1.29 is 4.74 Å². The number of hydrogen-bond donors (Lipinski definition) is 1. The zero-order chi connectivity index (χ0) is 13.8. The Morgan fingerprint density at radius 3 is 2.47 bits per heavy atom. The van der Waals surface area contributed by atoms with Crippen molar-refractivity contribution in [3.63, 3.8) is 0 Å². The molecule has 0 aliphatic heterocycles. The highest BCUT2D eigenvalue weighted by Gasteiger charge is 2.11. The lowest BCUT2D eigenvalue weighted by atomic mass is 10.00. The fourth-order valence-electron chi connectivity index (χ4n) is 1.98. The molecule has 0 amide bonds. The third-order valence-corrected chi connectivity index (χ3v) is 4.32. The van der Waals surface area contributed by atoms with Gasteiger partial charge < -0.3 is 10.5 Å². The van der Waals surface area contributed by atoms with Crippen molar-refractivity contribution in [2.75, 3.05) is 7.11 Å². The molecular formula is C15H15Br2NO. The van der Waals surface area contributed by atoms with E-state index in [1.165, 1.54) is 5.56 Å². The Labute approximate surface area is 130 Å². The molecule has 0 spiro atoms. The lowest BCUT2D eigenvalue weighted by Gasteiger charge is -2.14. The molecule has 1 atom stereocenters. The van der Waals surface area contributed by atoms with Crippen LogP contribution in [0.4, 0.5) is 0 Å². The largest absolute Gasteiger partial charge is 0.496 e. The van der Waals surface area contributed by atoms with Gasteiger partial charge >= 0.3 is 0 Å². The van der Waals surface area contributed by atoms with Crippen LogP contribution < -0.4 is 10.5 Å². The van der Waals surface area contributed by atoms with Gasteiger partial charge in [0.15, 0.2) is 0 Å². The van der Waals surface area contributed by atoms with Crippen molar-refractivity contribution >= 4 is 31.9 Å². The van der Waals surface area contributed by atoms with Crippen LogP contribution in [0.5, 0.6) is 5.75 Å². The van der Waals surface area contributed by atoms with Crippen LogP contribution in [0.2, 0.25) is 0 Å². The summed E-state index contributed by atoms with van der Waals surface area (Å²) in [7, 11) is 1.66. The predicted octanol–water partition coefficient (Wildman–Crippen LogP) is 4.46. The fraction of sp³-hybridized carbons (Fsp3) is 0.200. The molecule has 0 saturated heterocycles. The summed E-state index contributed by atoms with van der Waals surface area (Å²) in [6.45, 7) is 0. The summed E-state index contributed by atoms with van der Waals surface area (Å²) in [6.07, 6.45) is 0.783. The first-order valence-electron chi connectivity index (χ1n) is 5.94. The molecule has 100 valence electrons. The molecule has 0 bridgehead atoms. The summed E-state index contributed by atoms with van der Waals surface area (Å²) in [5.74, 6) is 0.832. The van der Waals surface area contributed by atoms with Crippen LogP contribution in [0.3, 0.4) is 0 Å². The van der Waals surface area contributed by atoms with Crippen molar-refractivity contribution in [1.29, 1.82) is 0 Å². The summed E-state index contributed by atoms with van der Waals surface area (Å²) in [5, 5.41) is 0. The predicted molar refractivity (Wildman–Crippen MR) is 85.5 cm³/mol. The number of hydrogen-bond acceptors (Lipinski definition) is 2. The molecule has 0 aliphatic rings. The van der Waals surface area contributed by atoms with Gasteiger partial charge in [-0.3, -0.25) is 0 Å². The first-order chi connectivity index (χ1) is 9.11. The summed E-state index contributed by atoms with van der Waals surface area (Å²) in [5.41, 5.74) is 8.57. The van der Waals surface area contributed by atoms with E-state index in [0.29, 0.717) is 0 Å². The summed E-state index contributed by atoms with van der Waals surface area (Å²) in [6, 6.07) is 14.1. The lowest BCUT2D eigenvalue weighted by Crippen LogP contribution is -2.13. The Morgan fingerprint density at radius 2 is 1.84 bits per heavy atom. The maximum absolute atomic E-state index is 6.27. The van der Waals surface area contributed by atoms with Gasteiger partial charge in [-0.15, -0.1) is 0 Å². The van der Waals surface area contributed by atoms with Crippen LogP contribution >= 0.6 is 31.9 Å². The molecule has 2 N–H and O–H groups in total. The van der Waals surface area contributed by atoms with Crippen molar-refractivity contribution in [2.24, 2.45) is 5.73 Å². The fourth-order valence-corrected chi connectivity index (χ4v) is 3.14. The van der Waals surface area contributed by atoms with E-state index >= 15 is 0 Å². The summed E-state index contributed by atoms with van der Waals surface area (Å²) in [4.78, 5) is 0. The van der Waals surface area contributed by atoms with Crippen LogP contribution in [-0.4, -0.2) is 7.11 Å². The average Bonchev–Trinajstić information content (AvgIpc) is 2.39. The number of halogens is 2. The standard InChI is InChI=1S/C15H15Br2NO/c1-19-15-7-6-10(8-13(15)17)9-14(18)11-4-2-3-5-12(11)16/h2-8,14H,9,18H2,1H3. The first kappa shape index (κ1) is 14.6. The monoisotopic (exact) mass is 383 g/mol. The van der Waals surface area contributed by atoms with Crippen molar-refractivity contribution in [3.8, 4) is 5.75 Å². The van der Waals surface area contributed by atoms with Gasteiger partial charge in [0.25, 0.3) is 0 Å². The normalized spacial score (nSPS) is 12.2. The highest BCUT2D eigenvalue weighted by atomic mass is 79.9. The van der Waals surface area contributed by atoms with Crippen LogP contribution in [-0.2, 0) is 6.42 Å². The van der Waals surface area contributed by atoms with E-state index in [9.17, 15) is 0 Å². The van der Waals surface area contributed by atoms with Crippen molar-refractivity contribution in [1.82, 2.24) is 0 Å². The molecule has 0 radical (unpaired) electrons. The van der Waals surface area contributed by atoms with Crippen LogP contribution in [0, 0.1) is 0 Å². The molecule has 0 fully saturated rings. The molecule has 2 aromatic carbocycles. The lowest BCUT2D eigenvalue weighted by molar-refractivity contribution is 0.412. The molecule has 0 aromatic heterocycles. The topological polar surface area (TPSA) is 35.2 Å². The third-order valence-electron chi connectivity index (χ3n) is 2.98. The minimum atomic E-state index is -0.0316. The second-order valence-corrected chi connectivity index (χ2v) is 6.01. The smallest absolute Gasteiger partial charge is 0.133 e. The van der Waals surface area contributed by atoms with Gasteiger partial charge in [-0.1, -0.05) is 40.2 Å². The Morgan fingerprint density at radius 1 is 1.11 bits per heavy atom. The number of rotatable bonds is 4. The third kappa shape index (κ3) is 3.59. The van der Waals surface area contributed by atoms with Gasteiger partial charge in [0.1, 0.15) is 5.75 Å². The SMILES string of the molecule is COc1ccc(CC(N)c2ccccc2Br)cc1Br. The highest BCUT2D eigenvalue weighted by molar-refractivity contribution is 9.10. The van der Waals surface area contributed by atoms with E-state index < -0.39 is 0 Å². The maximum atomic E-state index is 6.27. The van der Waals surface area contributed by atoms with E-state index in [1.807, 2.05) is 36.4 Å². The number of methoxy groups -OCH3 is 1. The van der Waals surface area contributed by atoms with Crippen LogP contribution in [0.15, 0.2) is 51.4 Å². The number of benzene rings is 2. The van der Waals surface area contributed by atoms with E-state index in [2.05, 4.69) is 37.9 Å². The van der Waals surface area contributed by atoms with E-state index in [-0.39, 0.29) is 6.04 Å². The Kier molecular flexibility index (Phi) is 5.02. The van der Waals surface area contributed by atoms with Gasteiger partial charge in [-0.05, 0) is 51.7 Å². The quantitative estimate of drug-likeness (QED) is 0.844. The molecule has 19 heavy (non-hydrogen) atoms. The van der Waals surface area contributed by atoms with Gasteiger partial charge in [0.05, 0.1) is 11.6 Å². The molecule has 0 aliphatic carbocycles. The molecular weight excluding hydrogens is 370 g/mol. The molecule has 2 aromatic rings. The van der Waals surface area contributed by atoms with Crippen LogP contribution in [0.25, 0.3) is 0 Å². The number of nitrogens with two attached hydrogens (primary N) is 1. The zero-order valence-electron chi connectivity index (χ0n) is 10.6. The zero-order valence-corrected chi connectivity index (χ0v) is 13.7. The maximum Gasteiger partial charge on any atom is 0.133 e. The van der Waals surface area contributed by atoms with Crippen molar-refractivity contribution in [2.45, 2.75) is 12.5 Å². The average molecular weight is 385 g/mol. The second kappa shape index (κ2) is 6.55. The van der Waals surface area contributed by atoms with Crippen LogP contribution in [0.1, 0.15) is 17.2 Å². The minimum absolute atomic E-state index is 0.0316.